The largest absolute Gasteiger partial charge is 0.350 e. The van der Waals surface area contributed by atoms with Crippen LogP contribution in [0.2, 0.25) is 0 Å². The van der Waals surface area contributed by atoms with Crippen molar-refractivity contribution in [1.29, 1.82) is 0 Å². The number of hydrogen-bond acceptors (Lipinski definition) is 4. The zero-order valence-corrected chi connectivity index (χ0v) is 12.1. The van der Waals surface area contributed by atoms with Crippen molar-refractivity contribution in [3.63, 3.8) is 0 Å². The van der Waals surface area contributed by atoms with E-state index in [2.05, 4.69) is 27.1 Å². The maximum atomic E-state index is 5.93. The number of anilines is 1. The van der Waals surface area contributed by atoms with E-state index in [-0.39, 0.29) is 0 Å². The summed E-state index contributed by atoms with van der Waals surface area (Å²) < 4.78 is 1.97. The summed E-state index contributed by atoms with van der Waals surface area (Å²) in [7, 11) is 2.00. The van der Waals surface area contributed by atoms with Gasteiger partial charge in [0.25, 0.3) is 0 Å². The third-order valence-corrected chi connectivity index (χ3v) is 4.13. The van der Waals surface area contributed by atoms with E-state index in [1.165, 1.54) is 17.8 Å². The monoisotopic (exact) mass is 271 g/mol. The van der Waals surface area contributed by atoms with Crippen LogP contribution in [0.5, 0.6) is 0 Å². The molecule has 1 atom stereocenters. The molecule has 1 fully saturated rings. The number of pyridine rings is 1. The van der Waals surface area contributed by atoms with Crippen LogP contribution in [0.25, 0.3) is 0 Å². The van der Waals surface area contributed by atoms with Crippen molar-refractivity contribution in [3.8, 4) is 0 Å². The quantitative estimate of drug-likeness (QED) is 0.926. The van der Waals surface area contributed by atoms with Crippen molar-refractivity contribution in [3.05, 3.63) is 41.3 Å². The van der Waals surface area contributed by atoms with E-state index >= 15 is 0 Å². The number of aryl methyl sites for hydroxylation is 2. The van der Waals surface area contributed by atoms with E-state index in [0.717, 1.165) is 24.2 Å². The number of aromatic nitrogens is 3. The lowest BCUT2D eigenvalue weighted by Crippen LogP contribution is -2.26. The fraction of sp³-hybridized carbons (Fsp3) is 0.467. The maximum absolute atomic E-state index is 5.93. The Hall–Kier alpha value is -1.88. The van der Waals surface area contributed by atoms with Gasteiger partial charge in [-0.15, -0.1) is 0 Å². The molecule has 2 aromatic heterocycles. The standard InChI is InChI=1S/C15H21N5/c1-11-13(10-16)15(19(2)18-11)20-9-3-4-14(20)12-5-7-17-8-6-12/h5-8,14H,3-4,9-10,16H2,1-2H3. The minimum absolute atomic E-state index is 0.401. The zero-order chi connectivity index (χ0) is 14.1. The van der Waals surface area contributed by atoms with Crippen LogP contribution < -0.4 is 10.6 Å². The van der Waals surface area contributed by atoms with Gasteiger partial charge in [-0.05, 0) is 37.5 Å². The van der Waals surface area contributed by atoms with E-state index in [1.807, 2.05) is 31.0 Å². The van der Waals surface area contributed by atoms with Crippen molar-refractivity contribution in [1.82, 2.24) is 14.8 Å². The highest BCUT2D eigenvalue weighted by Gasteiger charge is 2.30. The van der Waals surface area contributed by atoms with Crippen molar-refractivity contribution >= 4 is 5.82 Å². The molecule has 1 aliphatic heterocycles. The van der Waals surface area contributed by atoms with Gasteiger partial charge < -0.3 is 10.6 Å². The first-order valence-corrected chi connectivity index (χ1v) is 7.11. The van der Waals surface area contributed by atoms with Crippen LogP contribution in [0, 0.1) is 6.92 Å². The molecule has 2 N–H and O–H groups in total. The second-order valence-corrected chi connectivity index (χ2v) is 5.35. The highest BCUT2D eigenvalue weighted by atomic mass is 15.4. The minimum Gasteiger partial charge on any atom is -0.350 e. The predicted molar refractivity (Wildman–Crippen MR) is 79.4 cm³/mol. The zero-order valence-electron chi connectivity index (χ0n) is 12.1. The van der Waals surface area contributed by atoms with Crippen LogP contribution in [-0.4, -0.2) is 21.3 Å². The second kappa shape index (κ2) is 5.25. The van der Waals surface area contributed by atoms with Crippen LogP contribution in [0.15, 0.2) is 24.5 Å². The van der Waals surface area contributed by atoms with Gasteiger partial charge in [-0.25, -0.2) is 0 Å². The average Bonchev–Trinajstić information content (AvgIpc) is 3.03. The SMILES string of the molecule is Cc1nn(C)c(N2CCCC2c2ccncc2)c1CN. The molecule has 0 amide bonds. The van der Waals surface area contributed by atoms with Crippen LogP contribution >= 0.6 is 0 Å². The summed E-state index contributed by atoms with van der Waals surface area (Å²) in [6.45, 7) is 3.62. The Morgan fingerprint density at radius 1 is 1.35 bits per heavy atom. The minimum atomic E-state index is 0.401. The molecule has 3 heterocycles. The van der Waals surface area contributed by atoms with Crippen molar-refractivity contribution in [2.24, 2.45) is 12.8 Å². The summed E-state index contributed by atoms with van der Waals surface area (Å²) in [6, 6.07) is 4.61. The average molecular weight is 271 g/mol. The molecule has 1 aliphatic rings. The Morgan fingerprint density at radius 2 is 2.10 bits per heavy atom. The Morgan fingerprint density at radius 3 is 2.80 bits per heavy atom. The first-order chi connectivity index (χ1) is 9.72. The molecule has 0 radical (unpaired) electrons. The third kappa shape index (κ3) is 2.08. The molecule has 0 spiro atoms. The van der Waals surface area contributed by atoms with Gasteiger partial charge in [0.15, 0.2) is 0 Å². The summed E-state index contributed by atoms with van der Waals surface area (Å²) in [5, 5.41) is 4.54. The van der Waals surface area contributed by atoms with Gasteiger partial charge >= 0.3 is 0 Å². The van der Waals surface area contributed by atoms with E-state index in [9.17, 15) is 0 Å². The summed E-state index contributed by atoms with van der Waals surface area (Å²) in [5.41, 5.74) is 9.44. The van der Waals surface area contributed by atoms with Crippen molar-refractivity contribution in [2.45, 2.75) is 32.4 Å². The van der Waals surface area contributed by atoms with Crippen LogP contribution in [0.1, 0.15) is 35.7 Å². The fourth-order valence-corrected chi connectivity index (χ4v) is 3.24. The molecular formula is C15H21N5. The molecule has 3 rings (SSSR count). The Bertz CT molecular complexity index is 590. The molecule has 1 saturated heterocycles. The molecule has 0 saturated carbocycles. The van der Waals surface area contributed by atoms with Gasteiger partial charge in [0.2, 0.25) is 0 Å². The molecule has 5 heteroatoms. The van der Waals surface area contributed by atoms with Gasteiger partial charge in [-0.3, -0.25) is 9.67 Å². The number of nitrogens with zero attached hydrogens (tertiary/aromatic N) is 4. The first-order valence-electron chi connectivity index (χ1n) is 7.11. The fourth-order valence-electron chi connectivity index (χ4n) is 3.24. The van der Waals surface area contributed by atoms with Gasteiger partial charge in [-0.2, -0.15) is 5.10 Å². The molecule has 0 aliphatic carbocycles. The smallest absolute Gasteiger partial charge is 0.131 e. The van der Waals surface area contributed by atoms with Crippen molar-refractivity contribution in [2.75, 3.05) is 11.4 Å². The Labute approximate surface area is 119 Å². The molecule has 0 bridgehead atoms. The molecule has 20 heavy (non-hydrogen) atoms. The molecule has 1 unspecified atom stereocenters. The lowest BCUT2D eigenvalue weighted by Gasteiger charge is -2.28. The first kappa shape index (κ1) is 13.1. The van der Waals surface area contributed by atoms with Gasteiger partial charge in [0.1, 0.15) is 5.82 Å². The maximum Gasteiger partial charge on any atom is 0.131 e. The molecule has 2 aromatic rings. The van der Waals surface area contributed by atoms with E-state index < -0.39 is 0 Å². The van der Waals surface area contributed by atoms with E-state index in [4.69, 9.17) is 5.73 Å². The molecule has 106 valence electrons. The Balaban J connectivity index is 2.01. The number of nitrogens with two attached hydrogens (primary N) is 1. The lowest BCUT2D eigenvalue weighted by atomic mass is 10.1. The van der Waals surface area contributed by atoms with E-state index in [0.29, 0.717) is 12.6 Å². The molecule has 0 aromatic carbocycles. The highest BCUT2D eigenvalue weighted by molar-refractivity contribution is 5.53. The summed E-state index contributed by atoms with van der Waals surface area (Å²) in [5.74, 6) is 1.17. The predicted octanol–water partition coefficient (Wildman–Crippen LogP) is 1.92. The lowest BCUT2D eigenvalue weighted by molar-refractivity contribution is 0.666. The topological polar surface area (TPSA) is 60.0 Å². The normalized spacial score (nSPS) is 18.8. The highest BCUT2D eigenvalue weighted by Crippen LogP contribution is 2.37. The molecular weight excluding hydrogens is 250 g/mol. The third-order valence-electron chi connectivity index (χ3n) is 4.13. The van der Waals surface area contributed by atoms with Crippen LogP contribution in [0.3, 0.4) is 0 Å². The van der Waals surface area contributed by atoms with Crippen LogP contribution in [-0.2, 0) is 13.6 Å². The van der Waals surface area contributed by atoms with Crippen molar-refractivity contribution < 1.29 is 0 Å². The second-order valence-electron chi connectivity index (χ2n) is 5.35. The number of hydrogen-bond donors (Lipinski definition) is 1. The van der Waals surface area contributed by atoms with E-state index in [1.54, 1.807) is 0 Å². The van der Waals surface area contributed by atoms with Gasteiger partial charge in [0, 0.05) is 38.1 Å². The summed E-state index contributed by atoms with van der Waals surface area (Å²) in [6.07, 6.45) is 6.09. The molecule has 5 nitrogen and oxygen atoms in total. The summed E-state index contributed by atoms with van der Waals surface area (Å²) >= 11 is 0. The van der Waals surface area contributed by atoms with Gasteiger partial charge in [0.05, 0.1) is 11.7 Å². The Kier molecular flexibility index (Phi) is 3.44. The van der Waals surface area contributed by atoms with Gasteiger partial charge in [-0.1, -0.05) is 0 Å². The summed E-state index contributed by atoms with van der Waals surface area (Å²) in [4.78, 5) is 6.56. The number of rotatable bonds is 3. The van der Waals surface area contributed by atoms with Crippen LogP contribution in [0.4, 0.5) is 5.82 Å².